The summed E-state index contributed by atoms with van der Waals surface area (Å²) in [6.45, 7) is -1.84. The molecule has 0 aromatic heterocycles. The summed E-state index contributed by atoms with van der Waals surface area (Å²) < 4.78 is 27.7. The molecule has 15 heavy (non-hydrogen) atoms. The summed E-state index contributed by atoms with van der Waals surface area (Å²) in [7, 11) is 0. The lowest BCUT2D eigenvalue weighted by atomic mass is 10.2. The Morgan fingerprint density at radius 3 is 2.27 bits per heavy atom. The SMILES string of the molecule is [2H]c1ccc(Oc2ccc(C([2H])([2H])N)cc2)cc1. The molecule has 0 heterocycles. The van der Waals surface area contributed by atoms with Crippen LogP contribution < -0.4 is 10.5 Å². The molecule has 0 saturated heterocycles. The van der Waals surface area contributed by atoms with Crippen LogP contribution in [0.2, 0.25) is 0 Å². The largest absolute Gasteiger partial charge is 0.457 e. The highest BCUT2D eigenvalue weighted by atomic mass is 16.5. The van der Waals surface area contributed by atoms with E-state index in [1.807, 2.05) is 0 Å². The van der Waals surface area contributed by atoms with Gasteiger partial charge in [-0.25, -0.2) is 0 Å². The van der Waals surface area contributed by atoms with Crippen molar-refractivity contribution >= 4 is 0 Å². The van der Waals surface area contributed by atoms with Crippen LogP contribution in [0.5, 0.6) is 11.5 Å². The average Bonchev–Trinajstić information content (AvgIpc) is 2.32. The summed E-state index contributed by atoms with van der Waals surface area (Å²) in [6.07, 6.45) is 0. The fourth-order valence-electron chi connectivity index (χ4n) is 1.19. The maximum Gasteiger partial charge on any atom is 0.127 e. The molecule has 0 bridgehead atoms. The summed E-state index contributed by atoms with van der Waals surface area (Å²) >= 11 is 0. The van der Waals surface area contributed by atoms with E-state index in [9.17, 15) is 0 Å². The third-order valence-electron chi connectivity index (χ3n) is 1.94. The van der Waals surface area contributed by atoms with Crippen molar-refractivity contribution in [3.05, 3.63) is 60.1 Å². The number of benzene rings is 2. The molecule has 0 radical (unpaired) electrons. The van der Waals surface area contributed by atoms with Crippen LogP contribution in [0.4, 0.5) is 0 Å². The predicted octanol–water partition coefficient (Wildman–Crippen LogP) is 2.94. The van der Waals surface area contributed by atoms with Crippen molar-refractivity contribution in [1.82, 2.24) is 0 Å². The average molecular weight is 202 g/mol. The lowest BCUT2D eigenvalue weighted by molar-refractivity contribution is 0.482. The van der Waals surface area contributed by atoms with Gasteiger partial charge in [-0.15, -0.1) is 0 Å². The third-order valence-corrected chi connectivity index (χ3v) is 1.94. The van der Waals surface area contributed by atoms with E-state index in [1.54, 1.807) is 48.5 Å². The molecule has 2 nitrogen and oxygen atoms in total. The summed E-state index contributed by atoms with van der Waals surface area (Å²) in [5.74, 6) is 1.23. The van der Waals surface area contributed by atoms with Crippen LogP contribution in [0, 0.1) is 0 Å². The van der Waals surface area contributed by atoms with E-state index in [1.165, 1.54) is 0 Å². The molecule has 0 saturated carbocycles. The standard InChI is InChI=1S/C13H13NO/c14-10-11-6-8-13(9-7-11)15-12-4-2-1-3-5-12/h1-9H,10,14H2/i1D,10D2. The Kier molecular flexibility index (Phi) is 2.05. The Morgan fingerprint density at radius 1 is 1.07 bits per heavy atom. The van der Waals surface area contributed by atoms with E-state index in [0.29, 0.717) is 23.1 Å². The highest BCUT2D eigenvalue weighted by Gasteiger charge is 1.95. The van der Waals surface area contributed by atoms with Crippen LogP contribution in [0.15, 0.2) is 54.6 Å². The van der Waals surface area contributed by atoms with Gasteiger partial charge in [0.15, 0.2) is 0 Å². The highest BCUT2D eigenvalue weighted by molar-refractivity contribution is 5.32. The Morgan fingerprint density at radius 2 is 1.67 bits per heavy atom. The quantitative estimate of drug-likeness (QED) is 0.830. The molecule has 76 valence electrons. The van der Waals surface area contributed by atoms with Gasteiger partial charge in [0, 0.05) is 9.24 Å². The Labute approximate surface area is 93.5 Å². The number of para-hydroxylation sites is 1. The van der Waals surface area contributed by atoms with Crippen molar-refractivity contribution < 1.29 is 8.85 Å². The van der Waals surface area contributed by atoms with Gasteiger partial charge < -0.3 is 10.5 Å². The van der Waals surface area contributed by atoms with Crippen molar-refractivity contribution in [2.24, 2.45) is 5.73 Å². The topological polar surface area (TPSA) is 35.2 Å². The van der Waals surface area contributed by atoms with E-state index in [4.69, 9.17) is 14.6 Å². The second-order valence-electron chi connectivity index (χ2n) is 3.01. The van der Waals surface area contributed by atoms with Gasteiger partial charge in [-0.1, -0.05) is 30.3 Å². The minimum atomic E-state index is -1.84. The molecule has 0 aliphatic heterocycles. The number of hydrogen-bond donors (Lipinski definition) is 1. The van der Waals surface area contributed by atoms with Crippen molar-refractivity contribution in [3.8, 4) is 11.5 Å². The van der Waals surface area contributed by atoms with Crippen LogP contribution in [0.25, 0.3) is 0 Å². The van der Waals surface area contributed by atoms with E-state index in [0.717, 1.165) is 0 Å². The van der Waals surface area contributed by atoms with Gasteiger partial charge >= 0.3 is 0 Å². The van der Waals surface area contributed by atoms with Crippen LogP contribution in [-0.4, -0.2) is 0 Å². The maximum atomic E-state index is 7.37. The predicted molar refractivity (Wildman–Crippen MR) is 60.8 cm³/mol. The molecule has 2 heteroatoms. The normalized spacial score (nSPS) is 13.8. The molecular weight excluding hydrogens is 186 g/mol. The van der Waals surface area contributed by atoms with Gasteiger partial charge in [0.1, 0.15) is 11.5 Å². The van der Waals surface area contributed by atoms with Gasteiger partial charge in [0.2, 0.25) is 0 Å². The second-order valence-corrected chi connectivity index (χ2v) is 3.01. The van der Waals surface area contributed by atoms with Crippen LogP contribution in [0.3, 0.4) is 0 Å². The summed E-state index contributed by atoms with van der Waals surface area (Å²) in [5.41, 5.74) is 5.75. The Bertz CT molecular complexity index is 517. The van der Waals surface area contributed by atoms with E-state index < -0.39 is 6.50 Å². The van der Waals surface area contributed by atoms with Crippen molar-refractivity contribution in [2.45, 2.75) is 6.50 Å². The first-order chi connectivity index (χ1) is 8.45. The zero-order chi connectivity index (χ0) is 13.2. The monoisotopic (exact) mass is 202 g/mol. The van der Waals surface area contributed by atoms with Crippen molar-refractivity contribution in [2.75, 3.05) is 0 Å². The molecule has 2 N–H and O–H groups in total. The van der Waals surface area contributed by atoms with Crippen LogP contribution >= 0.6 is 0 Å². The van der Waals surface area contributed by atoms with E-state index in [2.05, 4.69) is 0 Å². The van der Waals surface area contributed by atoms with Gasteiger partial charge in [0.25, 0.3) is 0 Å². The number of nitrogens with two attached hydrogens (primary N) is 1. The minimum absolute atomic E-state index is 0.399. The molecule has 0 amide bonds. The molecule has 0 fully saturated rings. The first-order valence-electron chi connectivity index (χ1n) is 6.09. The Balaban J connectivity index is 2.13. The lowest BCUT2D eigenvalue weighted by Crippen LogP contribution is -1.95. The summed E-state index contributed by atoms with van der Waals surface area (Å²) in [6, 6.07) is 13.6. The van der Waals surface area contributed by atoms with Gasteiger partial charge in [-0.05, 0) is 29.8 Å². The third kappa shape index (κ3) is 2.58. The zero-order valence-corrected chi connectivity index (χ0v) is 8.10. The number of ether oxygens (including phenoxy) is 1. The summed E-state index contributed by atoms with van der Waals surface area (Å²) in [5, 5.41) is 0. The molecule has 0 atom stereocenters. The molecule has 2 aromatic carbocycles. The fourth-order valence-corrected chi connectivity index (χ4v) is 1.19. The minimum Gasteiger partial charge on any atom is -0.457 e. The van der Waals surface area contributed by atoms with Gasteiger partial charge in [-0.3, -0.25) is 0 Å². The number of hydrogen-bond acceptors (Lipinski definition) is 2. The number of rotatable bonds is 3. The molecule has 2 rings (SSSR count). The van der Waals surface area contributed by atoms with Crippen LogP contribution in [0.1, 0.15) is 9.68 Å². The fraction of sp³-hybridized carbons (Fsp3) is 0.0769. The maximum absolute atomic E-state index is 7.37. The van der Waals surface area contributed by atoms with E-state index in [-0.39, 0.29) is 0 Å². The molecule has 0 aliphatic rings. The van der Waals surface area contributed by atoms with E-state index >= 15 is 0 Å². The van der Waals surface area contributed by atoms with Gasteiger partial charge in [-0.2, -0.15) is 0 Å². The second kappa shape index (κ2) is 4.62. The smallest absolute Gasteiger partial charge is 0.127 e. The zero-order valence-electron chi connectivity index (χ0n) is 11.1. The molecule has 0 unspecified atom stereocenters. The first-order valence-corrected chi connectivity index (χ1v) is 4.59. The molecule has 2 aromatic rings. The lowest BCUT2D eigenvalue weighted by Gasteiger charge is -2.05. The molecule has 0 aliphatic carbocycles. The van der Waals surface area contributed by atoms with Crippen molar-refractivity contribution in [1.29, 1.82) is 0 Å². The van der Waals surface area contributed by atoms with Crippen molar-refractivity contribution in [3.63, 3.8) is 0 Å². The summed E-state index contributed by atoms with van der Waals surface area (Å²) in [4.78, 5) is 0. The van der Waals surface area contributed by atoms with Crippen LogP contribution in [-0.2, 0) is 6.50 Å². The first kappa shape index (κ1) is 6.64. The van der Waals surface area contributed by atoms with Gasteiger partial charge in [0.05, 0.1) is 1.37 Å². The Hall–Kier alpha value is -1.80. The molecular formula is C13H13NO. The highest BCUT2D eigenvalue weighted by Crippen LogP contribution is 2.20. The molecule has 0 spiro atoms.